The average molecular weight is 219 g/mol. The second-order valence-corrected chi connectivity index (χ2v) is 4.19. The highest BCUT2D eigenvalue weighted by molar-refractivity contribution is 5.92. The second-order valence-electron chi connectivity index (χ2n) is 4.19. The van der Waals surface area contributed by atoms with Crippen LogP contribution < -0.4 is 10.6 Å². The summed E-state index contributed by atoms with van der Waals surface area (Å²) in [5, 5.41) is 5.88. The topological polar surface area (TPSA) is 54.0 Å². The third-order valence-electron chi connectivity index (χ3n) is 3.06. The van der Waals surface area contributed by atoms with Gasteiger partial charge in [0, 0.05) is 13.6 Å². The standard InChI is InChI=1S/C12H17N3O/c1-13-10-5-6-11(14-8-10)12(16)15-7-9-3-2-4-9/h5-6,8-9,13H,2-4,7H2,1H3,(H,15,16). The first-order chi connectivity index (χ1) is 7.79. The highest BCUT2D eigenvalue weighted by Crippen LogP contribution is 2.25. The third-order valence-corrected chi connectivity index (χ3v) is 3.06. The van der Waals surface area contributed by atoms with Gasteiger partial charge in [0.05, 0.1) is 11.9 Å². The van der Waals surface area contributed by atoms with Crippen molar-refractivity contribution in [2.75, 3.05) is 18.9 Å². The van der Waals surface area contributed by atoms with Crippen molar-refractivity contribution in [1.82, 2.24) is 10.3 Å². The van der Waals surface area contributed by atoms with E-state index >= 15 is 0 Å². The van der Waals surface area contributed by atoms with Crippen molar-refractivity contribution >= 4 is 11.6 Å². The van der Waals surface area contributed by atoms with Gasteiger partial charge in [-0.2, -0.15) is 0 Å². The lowest BCUT2D eigenvalue weighted by Crippen LogP contribution is -2.32. The maximum Gasteiger partial charge on any atom is 0.269 e. The molecule has 0 unspecified atom stereocenters. The number of anilines is 1. The number of carbonyl (C=O) groups excluding carboxylic acids is 1. The molecule has 1 aromatic rings. The van der Waals surface area contributed by atoms with Crippen LogP contribution in [0.4, 0.5) is 5.69 Å². The number of amides is 1. The Balaban J connectivity index is 1.86. The molecule has 1 aromatic heterocycles. The van der Waals surface area contributed by atoms with Crippen LogP contribution in [0.25, 0.3) is 0 Å². The van der Waals surface area contributed by atoms with Gasteiger partial charge in [0.15, 0.2) is 0 Å². The Morgan fingerprint density at radius 2 is 2.31 bits per heavy atom. The zero-order valence-corrected chi connectivity index (χ0v) is 9.49. The summed E-state index contributed by atoms with van der Waals surface area (Å²) in [5.74, 6) is 0.607. The van der Waals surface area contributed by atoms with E-state index in [1.807, 2.05) is 13.1 Å². The van der Waals surface area contributed by atoms with E-state index in [-0.39, 0.29) is 5.91 Å². The minimum atomic E-state index is -0.0745. The minimum Gasteiger partial charge on any atom is -0.387 e. The molecule has 2 N–H and O–H groups in total. The van der Waals surface area contributed by atoms with Crippen LogP contribution in [0.1, 0.15) is 29.8 Å². The van der Waals surface area contributed by atoms with Crippen LogP contribution in [0, 0.1) is 5.92 Å². The Kier molecular flexibility index (Phi) is 3.39. The van der Waals surface area contributed by atoms with Crippen molar-refractivity contribution in [1.29, 1.82) is 0 Å². The summed E-state index contributed by atoms with van der Waals surface area (Å²) in [5.41, 5.74) is 1.40. The van der Waals surface area contributed by atoms with Crippen LogP contribution in [0.5, 0.6) is 0 Å². The summed E-state index contributed by atoms with van der Waals surface area (Å²) in [6.45, 7) is 0.786. The van der Waals surface area contributed by atoms with Gasteiger partial charge >= 0.3 is 0 Å². The first-order valence-corrected chi connectivity index (χ1v) is 5.71. The number of rotatable bonds is 4. The maximum absolute atomic E-state index is 11.7. The van der Waals surface area contributed by atoms with E-state index in [1.54, 1.807) is 12.3 Å². The molecular formula is C12H17N3O. The second kappa shape index (κ2) is 4.96. The first-order valence-electron chi connectivity index (χ1n) is 5.71. The molecule has 4 heteroatoms. The number of nitrogens with zero attached hydrogens (tertiary/aromatic N) is 1. The van der Waals surface area contributed by atoms with E-state index in [0.717, 1.165) is 12.2 Å². The van der Waals surface area contributed by atoms with Gasteiger partial charge in [0.25, 0.3) is 5.91 Å². The van der Waals surface area contributed by atoms with Crippen molar-refractivity contribution in [3.8, 4) is 0 Å². The van der Waals surface area contributed by atoms with Gasteiger partial charge in [-0.1, -0.05) is 6.42 Å². The van der Waals surface area contributed by atoms with Crippen LogP contribution in [0.3, 0.4) is 0 Å². The molecule has 0 aromatic carbocycles. The summed E-state index contributed by atoms with van der Waals surface area (Å²) in [6, 6.07) is 3.59. The van der Waals surface area contributed by atoms with Crippen molar-refractivity contribution in [3.05, 3.63) is 24.0 Å². The largest absolute Gasteiger partial charge is 0.387 e. The fourth-order valence-electron chi connectivity index (χ4n) is 1.70. The van der Waals surface area contributed by atoms with Gasteiger partial charge in [-0.15, -0.1) is 0 Å². The number of pyridine rings is 1. The van der Waals surface area contributed by atoms with Crippen LogP contribution >= 0.6 is 0 Å². The predicted molar refractivity (Wildman–Crippen MR) is 63.5 cm³/mol. The zero-order valence-electron chi connectivity index (χ0n) is 9.49. The predicted octanol–water partition coefficient (Wildman–Crippen LogP) is 1.65. The molecule has 0 saturated heterocycles. The van der Waals surface area contributed by atoms with E-state index in [2.05, 4.69) is 15.6 Å². The van der Waals surface area contributed by atoms with Crippen LogP contribution in [-0.4, -0.2) is 24.5 Å². The van der Waals surface area contributed by atoms with Gasteiger partial charge < -0.3 is 10.6 Å². The Bertz CT molecular complexity index is 357. The van der Waals surface area contributed by atoms with Gasteiger partial charge in [-0.25, -0.2) is 4.98 Å². The summed E-state index contributed by atoms with van der Waals surface area (Å²) in [7, 11) is 1.83. The number of carbonyl (C=O) groups is 1. The Labute approximate surface area is 95.5 Å². The molecule has 2 rings (SSSR count). The van der Waals surface area contributed by atoms with Crippen molar-refractivity contribution in [2.45, 2.75) is 19.3 Å². The summed E-state index contributed by atoms with van der Waals surface area (Å²) < 4.78 is 0. The fraction of sp³-hybridized carbons (Fsp3) is 0.500. The van der Waals surface area contributed by atoms with E-state index in [9.17, 15) is 4.79 Å². The minimum absolute atomic E-state index is 0.0745. The number of hydrogen-bond donors (Lipinski definition) is 2. The number of nitrogens with one attached hydrogen (secondary N) is 2. The molecule has 1 fully saturated rings. The molecule has 0 bridgehead atoms. The van der Waals surface area contributed by atoms with Gasteiger partial charge in [0.2, 0.25) is 0 Å². The average Bonchev–Trinajstić information content (AvgIpc) is 2.27. The molecule has 0 aliphatic heterocycles. The lowest BCUT2D eigenvalue weighted by Gasteiger charge is -2.25. The molecule has 1 heterocycles. The molecule has 16 heavy (non-hydrogen) atoms. The molecule has 1 aliphatic carbocycles. The smallest absolute Gasteiger partial charge is 0.269 e. The molecule has 86 valence electrons. The Hall–Kier alpha value is -1.58. The highest BCUT2D eigenvalue weighted by Gasteiger charge is 2.18. The number of aromatic nitrogens is 1. The molecule has 0 atom stereocenters. The van der Waals surface area contributed by atoms with Crippen LogP contribution in [-0.2, 0) is 0 Å². The van der Waals surface area contributed by atoms with E-state index in [1.165, 1.54) is 19.3 Å². The normalized spacial score (nSPS) is 15.3. The Morgan fingerprint density at radius 3 is 2.81 bits per heavy atom. The third kappa shape index (κ3) is 2.51. The molecule has 0 spiro atoms. The fourth-order valence-corrected chi connectivity index (χ4v) is 1.70. The van der Waals surface area contributed by atoms with Crippen LogP contribution in [0.15, 0.2) is 18.3 Å². The molecule has 1 amide bonds. The van der Waals surface area contributed by atoms with Crippen molar-refractivity contribution in [3.63, 3.8) is 0 Å². The zero-order chi connectivity index (χ0) is 11.4. The monoisotopic (exact) mass is 219 g/mol. The lowest BCUT2D eigenvalue weighted by molar-refractivity contribution is 0.0934. The van der Waals surface area contributed by atoms with E-state index in [4.69, 9.17) is 0 Å². The summed E-state index contributed by atoms with van der Waals surface area (Å²) >= 11 is 0. The summed E-state index contributed by atoms with van der Waals surface area (Å²) in [4.78, 5) is 15.8. The van der Waals surface area contributed by atoms with Gasteiger partial charge in [-0.05, 0) is 30.9 Å². The van der Waals surface area contributed by atoms with E-state index in [0.29, 0.717) is 11.6 Å². The van der Waals surface area contributed by atoms with Crippen LogP contribution in [0.2, 0.25) is 0 Å². The molecule has 0 radical (unpaired) electrons. The quantitative estimate of drug-likeness (QED) is 0.809. The first kappa shape index (κ1) is 10.9. The maximum atomic E-state index is 11.7. The van der Waals surface area contributed by atoms with Gasteiger partial charge in [-0.3, -0.25) is 4.79 Å². The SMILES string of the molecule is CNc1ccc(C(=O)NCC2CCC2)nc1. The van der Waals surface area contributed by atoms with Gasteiger partial charge in [0.1, 0.15) is 5.69 Å². The van der Waals surface area contributed by atoms with E-state index < -0.39 is 0 Å². The molecule has 4 nitrogen and oxygen atoms in total. The number of hydrogen-bond acceptors (Lipinski definition) is 3. The van der Waals surface area contributed by atoms with Crippen molar-refractivity contribution < 1.29 is 4.79 Å². The van der Waals surface area contributed by atoms with Crippen molar-refractivity contribution in [2.24, 2.45) is 5.92 Å². The Morgan fingerprint density at radius 1 is 1.50 bits per heavy atom. The summed E-state index contributed by atoms with van der Waals surface area (Å²) in [6.07, 6.45) is 5.45. The molecular weight excluding hydrogens is 202 g/mol. The molecule has 1 aliphatic rings. The molecule has 1 saturated carbocycles. The highest BCUT2D eigenvalue weighted by atomic mass is 16.1. The lowest BCUT2D eigenvalue weighted by atomic mass is 9.85.